The monoisotopic (exact) mass is 346 g/mol. The summed E-state index contributed by atoms with van der Waals surface area (Å²) in [6.07, 6.45) is 3.80. The summed E-state index contributed by atoms with van der Waals surface area (Å²) in [5.74, 6) is -0.878. The third-order valence-corrected chi connectivity index (χ3v) is 4.37. The van der Waals surface area contributed by atoms with Crippen LogP contribution in [0, 0.1) is 10.1 Å². The van der Waals surface area contributed by atoms with Crippen molar-refractivity contribution in [1.82, 2.24) is 4.90 Å². The summed E-state index contributed by atoms with van der Waals surface area (Å²) in [4.78, 5) is 25.5. The van der Waals surface area contributed by atoms with Gasteiger partial charge in [0.25, 0.3) is 5.91 Å². The average Bonchev–Trinajstić information content (AvgIpc) is 3.33. The molecule has 24 heavy (non-hydrogen) atoms. The van der Waals surface area contributed by atoms with Gasteiger partial charge >= 0.3 is 5.88 Å². The van der Waals surface area contributed by atoms with Crippen molar-refractivity contribution in [3.05, 3.63) is 74.6 Å². The van der Waals surface area contributed by atoms with Gasteiger partial charge in [-0.3, -0.25) is 14.9 Å². The zero-order valence-corrected chi connectivity index (χ0v) is 13.4. The van der Waals surface area contributed by atoms with Crippen molar-refractivity contribution in [2.75, 3.05) is 6.54 Å². The highest BCUT2D eigenvalue weighted by atomic mass is 32.1. The largest absolute Gasteiger partial charge is 0.472 e. The number of amides is 1. The Labute approximate surface area is 141 Å². The van der Waals surface area contributed by atoms with Crippen molar-refractivity contribution in [3.63, 3.8) is 0 Å². The van der Waals surface area contributed by atoms with Gasteiger partial charge in [0.2, 0.25) is 0 Å². The Hall–Kier alpha value is -2.87. The number of nitro groups is 1. The second-order valence-corrected chi connectivity index (χ2v) is 6.11. The number of rotatable bonds is 7. The van der Waals surface area contributed by atoms with E-state index >= 15 is 0 Å². The Kier molecular flexibility index (Phi) is 4.76. The van der Waals surface area contributed by atoms with Gasteiger partial charge in [0.05, 0.1) is 18.6 Å². The molecule has 0 aliphatic rings. The summed E-state index contributed by atoms with van der Waals surface area (Å²) in [6.45, 7) is 0.814. The molecule has 0 N–H and O–H groups in total. The van der Waals surface area contributed by atoms with Crippen LogP contribution < -0.4 is 0 Å². The van der Waals surface area contributed by atoms with E-state index in [-0.39, 0.29) is 11.7 Å². The predicted octanol–water partition coefficient (Wildman–Crippen LogP) is 3.73. The SMILES string of the molecule is O=C(c1ccc([N+](=O)[O-])o1)N(CCc1cccs1)Cc1ccoc1. The Bertz CT molecular complexity index is 808. The highest BCUT2D eigenvalue weighted by Crippen LogP contribution is 2.19. The molecule has 0 aromatic carbocycles. The normalized spacial score (nSPS) is 10.7. The molecule has 0 atom stereocenters. The molecule has 0 spiro atoms. The van der Waals surface area contributed by atoms with Crippen LogP contribution in [0.15, 0.2) is 57.1 Å². The van der Waals surface area contributed by atoms with Crippen molar-refractivity contribution >= 4 is 23.1 Å². The van der Waals surface area contributed by atoms with E-state index in [4.69, 9.17) is 8.83 Å². The maximum absolute atomic E-state index is 12.6. The molecule has 1 amide bonds. The second-order valence-electron chi connectivity index (χ2n) is 5.08. The van der Waals surface area contributed by atoms with Gasteiger partial charge in [0.15, 0.2) is 5.76 Å². The topological polar surface area (TPSA) is 89.7 Å². The van der Waals surface area contributed by atoms with E-state index in [1.54, 1.807) is 28.6 Å². The van der Waals surface area contributed by atoms with Crippen LogP contribution >= 0.6 is 11.3 Å². The Morgan fingerprint density at radius 3 is 2.79 bits per heavy atom. The average molecular weight is 346 g/mol. The molecular weight excluding hydrogens is 332 g/mol. The summed E-state index contributed by atoms with van der Waals surface area (Å²) >= 11 is 1.62. The Morgan fingerprint density at radius 2 is 2.17 bits per heavy atom. The predicted molar refractivity (Wildman–Crippen MR) is 86.8 cm³/mol. The highest BCUT2D eigenvalue weighted by Gasteiger charge is 2.23. The van der Waals surface area contributed by atoms with Crippen LogP contribution in [0.1, 0.15) is 21.0 Å². The van der Waals surface area contributed by atoms with Crippen LogP contribution in [-0.2, 0) is 13.0 Å². The fourth-order valence-electron chi connectivity index (χ4n) is 2.25. The lowest BCUT2D eigenvalue weighted by molar-refractivity contribution is -0.402. The first-order valence-corrected chi connectivity index (χ1v) is 8.08. The first kappa shape index (κ1) is 16.0. The van der Waals surface area contributed by atoms with Gasteiger partial charge in [0.1, 0.15) is 4.92 Å². The minimum absolute atomic E-state index is 0.0450. The quantitative estimate of drug-likeness (QED) is 0.480. The summed E-state index contributed by atoms with van der Waals surface area (Å²) < 4.78 is 10.1. The second kappa shape index (κ2) is 7.14. The van der Waals surface area contributed by atoms with Gasteiger partial charge in [-0.25, -0.2) is 0 Å². The van der Waals surface area contributed by atoms with Gasteiger partial charge in [0, 0.05) is 23.5 Å². The van der Waals surface area contributed by atoms with Crippen LogP contribution in [0.5, 0.6) is 0 Å². The zero-order chi connectivity index (χ0) is 16.9. The molecule has 0 aliphatic carbocycles. The third kappa shape index (κ3) is 3.72. The van der Waals surface area contributed by atoms with E-state index < -0.39 is 10.8 Å². The van der Waals surface area contributed by atoms with E-state index in [2.05, 4.69) is 0 Å². The molecule has 3 heterocycles. The molecule has 0 saturated carbocycles. The van der Waals surface area contributed by atoms with E-state index in [1.165, 1.54) is 18.4 Å². The molecule has 8 heteroatoms. The summed E-state index contributed by atoms with van der Waals surface area (Å²) in [6, 6.07) is 8.24. The number of hydrogen-bond acceptors (Lipinski definition) is 6. The van der Waals surface area contributed by atoms with E-state index in [9.17, 15) is 14.9 Å². The molecule has 3 aromatic heterocycles. The molecule has 0 bridgehead atoms. The lowest BCUT2D eigenvalue weighted by Gasteiger charge is -2.20. The fourth-order valence-corrected chi connectivity index (χ4v) is 2.95. The summed E-state index contributed by atoms with van der Waals surface area (Å²) in [5, 5.41) is 12.7. The maximum Gasteiger partial charge on any atom is 0.433 e. The molecule has 3 rings (SSSR count). The summed E-state index contributed by atoms with van der Waals surface area (Å²) in [7, 11) is 0. The Morgan fingerprint density at radius 1 is 1.29 bits per heavy atom. The van der Waals surface area contributed by atoms with Crippen LogP contribution in [0.2, 0.25) is 0 Å². The van der Waals surface area contributed by atoms with E-state index in [0.717, 1.165) is 10.4 Å². The van der Waals surface area contributed by atoms with Gasteiger partial charge in [-0.15, -0.1) is 11.3 Å². The highest BCUT2D eigenvalue weighted by molar-refractivity contribution is 7.09. The number of thiophene rings is 1. The molecule has 0 unspecified atom stereocenters. The van der Waals surface area contributed by atoms with Crippen molar-refractivity contribution in [2.24, 2.45) is 0 Å². The Balaban J connectivity index is 1.76. The van der Waals surface area contributed by atoms with Gasteiger partial charge < -0.3 is 13.7 Å². The zero-order valence-electron chi connectivity index (χ0n) is 12.6. The van der Waals surface area contributed by atoms with Crippen molar-refractivity contribution < 1.29 is 18.6 Å². The van der Waals surface area contributed by atoms with Crippen LogP contribution in [0.4, 0.5) is 5.88 Å². The van der Waals surface area contributed by atoms with Gasteiger partial charge in [-0.1, -0.05) is 6.07 Å². The first-order valence-electron chi connectivity index (χ1n) is 7.20. The van der Waals surface area contributed by atoms with Crippen molar-refractivity contribution in [3.8, 4) is 0 Å². The molecular formula is C16H14N2O5S. The number of carbonyl (C=O) groups excluding carboxylic acids is 1. The molecule has 0 fully saturated rings. The maximum atomic E-state index is 12.6. The molecule has 0 saturated heterocycles. The number of hydrogen-bond donors (Lipinski definition) is 0. The lowest BCUT2D eigenvalue weighted by atomic mass is 10.2. The number of carbonyl (C=O) groups is 1. The molecule has 7 nitrogen and oxygen atoms in total. The van der Waals surface area contributed by atoms with Crippen LogP contribution in [-0.4, -0.2) is 22.3 Å². The van der Waals surface area contributed by atoms with Crippen molar-refractivity contribution in [2.45, 2.75) is 13.0 Å². The van der Waals surface area contributed by atoms with E-state index in [1.807, 2.05) is 17.5 Å². The minimum Gasteiger partial charge on any atom is -0.472 e. The van der Waals surface area contributed by atoms with Gasteiger partial charge in [-0.2, -0.15) is 0 Å². The molecule has 3 aromatic rings. The van der Waals surface area contributed by atoms with Crippen LogP contribution in [0.25, 0.3) is 0 Å². The van der Waals surface area contributed by atoms with E-state index in [0.29, 0.717) is 19.5 Å². The van der Waals surface area contributed by atoms with Crippen molar-refractivity contribution in [1.29, 1.82) is 0 Å². The molecule has 124 valence electrons. The third-order valence-electron chi connectivity index (χ3n) is 3.43. The smallest absolute Gasteiger partial charge is 0.433 e. The van der Waals surface area contributed by atoms with Gasteiger partial charge in [-0.05, 0) is 30.0 Å². The standard InChI is InChI=1S/C16H14N2O5S/c19-16(14-3-4-15(23-14)18(20)21)17(10-12-6-8-22-11-12)7-5-13-2-1-9-24-13/h1-4,6,8-9,11H,5,7,10H2. The lowest BCUT2D eigenvalue weighted by Crippen LogP contribution is -2.32. The summed E-state index contributed by atoms with van der Waals surface area (Å²) in [5.41, 5.74) is 0.843. The van der Waals surface area contributed by atoms with Crippen LogP contribution in [0.3, 0.4) is 0 Å². The minimum atomic E-state index is -0.664. The fraction of sp³-hybridized carbons (Fsp3) is 0.188. The number of furan rings is 2. The number of nitrogens with zero attached hydrogens (tertiary/aromatic N) is 2. The molecule has 0 aliphatic heterocycles. The molecule has 0 radical (unpaired) electrons. The first-order chi connectivity index (χ1) is 11.6.